The molecule has 0 radical (unpaired) electrons. The molecule has 0 saturated heterocycles. The lowest BCUT2D eigenvalue weighted by Crippen LogP contribution is -2.24. The van der Waals surface area contributed by atoms with Gasteiger partial charge in [-0.2, -0.15) is 0 Å². The number of carbonyl (C=O) groups excluding carboxylic acids is 3. The average Bonchev–Trinajstić information content (AvgIpc) is 2.68. The Morgan fingerprint density at radius 3 is 2.28 bits per heavy atom. The van der Waals surface area contributed by atoms with Crippen molar-refractivity contribution < 1.29 is 28.8 Å². The summed E-state index contributed by atoms with van der Waals surface area (Å²) in [5.41, 5.74) is 1.66. The minimum Gasteiger partial charge on any atom is -0.482 e. The first-order valence-electron chi connectivity index (χ1n) is 8.63. The second kappa shape index (κ2) is 9.45. The van der Waals surface area contributed by atoms with E-state index < -0.39 is 30.0 Å². The van der Waals surface area contributed by atoms with Crippen molar-refractivity contribution in [2.45, 2.75) is 20.8 Å². The van der Waals surface area contributed by atoms with Gasteiger partial charge in [-0.1, -0.05) is 6.07 Å². The maximum absolute atomic E-state index is 12.0. The largest absolute Gasteiger partial charge is 0.482 e. The summed E-state index contributed by atoms with van der Waals surface area (Å²) in [5, 5.41) is 13.6. The molecule has 2 rings (SSSR count). The molecule has 0 heterocycles. The van der Waals surface area contributed by atoms with Crippen molar-refractivity contribution in [3.05, 3.63) is 63.2 Å². The number of anilines is 1. The molecule has 1 amide bonds. The average molecular weight is 400 g/mol. The van der Waals surface area contributed by atoms with Crippen molar-refractivity contribution in [3.8, 4) is 5.75 Å². The number of esters is 1. The minimum absolute atomic E-state index is 0.0675. The molecule has 9 nitrogen and oxygen atoms in total. The van der Waals surface area contributed by atoms with E-state index in [9.17, 15) is 24.5 Å². The monoisotopic (exact) mass is 400 g/mol. The summed E-state index contributed by atoms with van der Waals surface area (Å²) in [6.07, 6.45) is 0. The first kappa shape index (κ1) is 21.5. The van der Waals surface area contributed by atoms with Crippen molar-refractivity contribution in [1.82, 2.24) is 0 Å². The van der Waals surface area contributed by atoms with Gasteiger partial charge in [0.15, 0.2) is 19.0 Å². The maximum Gasteiger partial charge on any atom is 0.344 e. The lowest BCUT2D eigenvalue weighted by atomic mass is 10.1. The van der Waals surface area contributed by atoms with Crippen LogP contribution in [-0.4, -0.2) is 35.8 Å². The molecule has 0 atom stereocenters. The van der Waals surface area contributed by atoms with Crippen molar-refractivity contribution in [2.24, 2.45) is 0 Å². The van der Waals surface area contributed by atoms with Gasteiger partial charge in [-0.25, -0.2) is 4.79 Å². The SMILES string of the molecule is CC(=O)c1ccc(OCC(=O)OCC(=O)Nc2c([N+](=O)[O-])ccc(C)c2C)cc1. The number of carbonyl (C=O) groups is 3. The molecule has 0 aliphatic heterocycles. The van der Waals surface area contributed by atoms with Gasteiger partial charge in [-0.15, -0.1) is 0 Å². The summed E-state index contributed by atoms with van der Waals surface area (Å²) in [7, 11) is 0. The molecule has 2 aromatic carbocycles. The van der Waals surface area contributed by atoms with Crippen molar-refractivity contribution in [3.63, 3.8) is 0 Å². The van der Waals surface area contributed by atoms with Crippen LogP contribution in [0.3, 0.4) is 0 Å². The highest BCUT2D eigenvalue weighted by Gasteiger charge is 2.20. The summed E-state index contributed by atoms with van der Waals surface area (Å²) >= 11 is 0. The molecule has 0 spiro atoms. The molecule has 0 bridgehead atoms. The van der Waals surface area contributed by atoms with Crippen LogP contribution in [0.15, 0.2) is 36.4 Å². The van der Waals surface area contributed by atoms with E-state index in [-0.39, 0.29) is 17.2 Å². The van der Waals surface area contributed by atoms with Crippen LogP contribution in [0.4, 0.5) is 11.4 Å². The first-order chi connectivity index (χ1) is 13.7. The number of ether oxygens (including phenoxy) is 2. The number of hydrogen-bond donors (Lipinski definition) is 1. The van der Waals surface area contributed by atoms with E-state index >= 15 is 0 Å². The van der Waals surface area contributed by atoms with E-state index in [0.717, 1.165) is 5.56 Å². The third-order valence-corrected chi connectivity index (χ3v) is 4.16. The molecule has 9 heteroatoms. The number of rotatable bonds is 8. The second-order valence-corrected chi connectivity index (χ2v) is 6.24. The standard InChI is InChI=1S/C20H20N2O7/c1-12-4-9-17(22(26)27)20(13(12)2)21-18(24)10-29-19(25)11-28-16-7-5-15(6-8-16)14(3)23/h4-9H,10-11H2,1-3H3,(H,21,24). The third-order valence-electron chi connectivity index (χ3n) is 4.16. The van der Waals surface area contributed by atoms with E-state index in [1.54, 1.807) is 32.0 Å². The van der Waals surface area contributed by atoms with Crippen LogP contribution in [0, 0.1) is 24.0 Å². The number of nitro benzene ring substituents is 1. The van der Waals surface area contributed by atoms with Gasteiger partial charge >= 0.3 is 5.97 Å². The van der Waals surface area contributed by atoms with Crippen LogP contribution in [0.1, 0.15) is 28.4 Å². The third kappa shape index (κ3) is 5.86. The number of nitro groups is 1. The van der Waals surface area contributed by atoms with Crippen molar-refractivity contribution >= 4 is 29.0 Å². The van der Waals surface area contributed by atoms with Crippen molar-refractivity contribution in [1.29, 1.82) is 0 Å². The first-order valence-corrected chi connectivity index (χ1v) is 8.63. The van der Waals surface area contributed by atoms with Crippen LogP contribution in [0.25, 0.3) is 0 Å². The normalized spacial score (nSPS) is 10.2. The Balaban J connectivity index is 1.88. The Morgan fingerprint density at radius 2 is 1.69 bits per heavy atom. The second-order valence-electron chi connectivity index (χ2n) is 6.24. The van der Waals surface area contributed by atoms with Crippen LogP contribution < -0.4 is 10.1 Å². The highest BCUT2D eigenvalue weighted by molar-refractivity contribution is 5.96. The van der Waals surface area contributed by atoms with E-state index in [1.807, 2.05) is 0 Å². The fourth-order valence-electron chi connectivity index (χ4n) is 2.40. The number of nitrogens with one attached hydrogen (secondary N) is 1. The van der Waals surface area contributed by atoms with Gasteiger partial charge in [0, 0.05) is 11.6 Å². The van der Waals surface area contributed by atoms with Crippen LogP contribution in [0.5, 0.6) is 5.75 Å². The molecule has 0 fully saturated rings. The lowest BCUT2D eigenvalue weighted by molar-refractivity contribution is -0.384. The zero-order valence-corrected chi connectivity index (χ0v) is 16.2. The van der Waals surface area contributed by atoms with Gasteiger partial charge in [-0.05, 0) is 56.2 Å². The molecular formula is C20H20N2O7. The zero-order valence-electron chi connectivity index (χ0n) is 16.2. The van der Waals surface area contributed by atoms with E-state index in [1.165, 1.54) is 25.1 Å². The Kier molecular flexibility index (Phi) is 7.02. The summed E-state index contributed by atoms with van der Waals surface area (Å²) in [4.78, 5) is 45.6. The number of ketones is 1. The fraction of sp³-hybridized carbons (Fsp3) is 0.250. The summed E-state index contributed by atoms with van der Waals surface area (Å²) in [6, 6.07) is 9.09. The quantitative estimate of drug-likeness (QED) is 0.312. The number of aryl methyl sites for hydroxylation is 1. The van der Waals surface area contributed by atoms with Gasteiger partial charge in [0.25, 0.3) is 11.6 Å². The number of benzene rings is 2. The lowest BCUT2D eigenvalue weighted by Gasteiger charge is -2.11. The van der Waals surface area contributed by atoms with Crippen LogP contribution >= 0.6 is 0 Å². The van der Waals surface area contributed by atoms with Gasteiger partial charge in [-0.3, -0.25) is 19.7 Å². The molecule has 0 unspecified atom stereocenters. The van der Waals surface area contributed by atoms with E-state index in [0.29, 0.717) is 16.9 Å². The zero-order chi connectivity index (χ0) is 21.6. The summed E-state index contributed by atoms with van der Waals surface area (Å²) in [6.45, 7) is 3.79. The fourth-order valence-corrected chi connectivity index (χ4v) is 2.40. The number of Topliss-reactive ketones (excluding diaryl/α,β-unsaturated/α-hetero) is 1. The minimum atomic E-state index is -0.786. The van der Waals surface area contributed by atoms with Gasteiger partial charge in [0.05, 0.1) is 4.92 Å². The molecule has 152 valence electrons. The topological polar surface area (TPSA) is 125 Å². The molecule has 1 N–H and O–H groups in total. The maximum atomic E-state index is 12.0. The summed E-state index contributed by atoms with van der Waals surface area (Å²) in [5.74, 6) is -1.22. The predicted octanol–water partition coefficient (Wildman–Crippen LogP) is 2.97. The highest BCUT2D eigenvalue weighted by atomic mass is 16.6. The molecule has 29 heavy (non-hydrogen) atoms. The van der Waals surface area contributed by atoms with Gasteiger partial charge in [0.2, 0.25) is 0 Å². The van der Waals surface area contributed by atoms with Crippen molar-refractivity contribution in [2.75, 3.05) is 18.5 Å². The number of amides is 1. The Hall–Kier alpha value is -3.75. The molecule has 0 aromatic heterocycles. The molecule has 0 aliphatic carbocycles. The van der Waals surface area contributed by atoms with E-state index in [2.05, 4.69) is 5.32 Å². The molecule has 0 aliphatic rings. The Morgan fingerprint density at radius 1 is 1.03 bits per heavy atom. The Labute approximate surface area is 166 Å². The number of hydrogen-bond acceptors (Lipinski definition) is 7. The van der Waals surface area contributed by atoms with Crippen LogP contribution in [-0.2, 0) is 14.3 Å². The highest BCUT2D eigenvalue weighted by Crippen LogP contribution is 2.30. The van der Waals surface area contributed by atoms with Gasteiger partial charge < -0.3 is 14.8 Å². The van der Waals surface area contributed by atoms with Gasteiger partial charge in [0.1, 0.15) is 11.4 Å². The molecule has 2 aromatic rings. The van der Waals surface area contributed by atoms with Crippen LogP contribution in [0.2, 0.25) is 0 Å². The molecular weight excluding hydrogens is 380 g/mol. The Bertz CT molecular complexity index is 952. The van der Waals surface area contributed by atoms with E-state index in [4.69, 9.17) is 9.47 Å². The smallest absolute Gasteiger partial charge is 0.344 e. The predicted molar refractivity (Wildman–Crippen MR) is 104 cm³/mol. The molecule has 0 saturated carbocycles. The summed E-state index contributed by atoms with van der Waals surface area (Å²) < 4.78 is 10.1. The number of nitrogens with zero attached hydrogens (tertiary/aromatic N) is 1.